The number of nitriles is 3. The summed E-state index contributed by atoms with van der Waals surface area (Å²) in [5.41, 5.74) is 6.76. The van der Waals surface area contributed by atoms with Crippen LogP contribution >= 0.6 is 15.9 Å². The third-order valence-corrected chi connectivity index (χ3v) is 5.60. The highest BCUT2D eigenvalue weighted by Crippen LogP contribution is 2.54. The maximum atomic E-state index is 9.93. The topological polar surface area (TPSA) is 101 Å². The molecule has 1 heterocycles. The lowest BCUT2D eigenvalue weighted by Gasteiger charge is -2.45. The van der Waals surface area contributed by atoms with Crippen molar-refractivity contribution in [2.75, 3.05) is 20.1 Å². The van der Waals surface area contributed by atoms with E-state index in [9.17, 15) is 15.8 Å². The average Bonchev–Trinajstić information content (AvgIpc) is 2.62. The van der Waals surface area contributed by atoms with E-state index in [0.29, 0.717) is 13.1 Å². The van der Waals surface area contributed by atoms with Gasteiger partial charge in [-0.1, -0.05) is 34.1 Å². The van der Waals surface area contributed by atoms with Crippen LogP contribution in [0.5, 0.6) is 0 Å². The van der Waals surface area contributed by atoms with Crippen molar-refractivity contribution in [3.8, 4) is 18.2 Å². The summed E-state index contributed by atoms with van der Waals surface area (Å²) in [5, 5.41) is 29.5. The van der Waals surface area contributed by atoms with Crippen LogP contribution in [0.2, 0.25) is 0 Å². The van der Waals surface area contributed by atoms with E-state index in [1.165, 1.54) is 0 Å². The SMILES string of the molecule is CN1CC=C2C(C#N)=C(N)C(C#N)(C#N)[C@@H](c3ccc(Br)cc3)[C@H]2C1. The first-order valence-electron chi connectivity index (χ1n) is 7.85. The minimum Gasteiger partial charge on any atom is -0.399 e. The minimum absolute atomic E-state index is 0.0694. The van der Waals surface area contributed by atoms with Gasteiger partial charge in [-0.25, -0.2) is 0 Å². The maximum absolute atomic E-state index is 9.93. The van der Waals surface area contributed by atoms with Gasteiger partial charge in [-0.05, 0) is 30.3 Å². The highest BCUT2D eigenvalue weighted by atomic mass is 79.9. The summed E-state index contributed by atoms with van der Waals surface area (Å²) in [6.45, 7) is 1.37. The summed E-state index contributed by atoms with van der Waals surface area (Å²) in [4.78, 5) is 2.12. The van der Waals surface area contributed by atoms with Crippen molar-refractivity contribution in [1.82, 2.24) is 4.90 Å². The number of hydrogen-bond donors (Lipinski definition) is 1. The van der Waals surface area contributed by atoms with Gasteiger partial charge in [-0.2, -0.15) is 15.8 Å². The zero-order valence-corrected chi connectivity index (χ0v) is 15.3. The van der Waals surface area contributed by atoms with Crippen molar-refractivity contribution in [3.63, 3.8) is 0 Å². The molecule has 1 aromatic carbocycles. The molecule has 1 aromatic rings. The van der Waals surface area contributed by atoms with Crippen molar-refractivity contribution < 1.29 is 0 Å². The molecule has 5 nitrogen and oxygen atoms in total. The van der Waals surface area contributed by atoms with Gasteiger partial charge >= 0.3 is 0 Å². The van der Waals surface area contributed by atoms with E-state index in [1.807, 2.05) is 37.4 Å². The highest BCUT2D eigenvalue weighted by Gasteiger charge is 2.54. The van der Waals surface area contributed by atoms with Crippen LogP contribution in [0, 0.1) is 45.3 Å². The summed E-state index contributed by atoms with van der Waals surface area (Å²) >= 11 is 3.42. The Kier molecular flexibility index (Phi) is 4.39. The molecule has 3 rings (SSSR count). The molecule has 0 aromatic heterocycles. The lowest BCUT2D eigenvalue weighted by molar-refractivity contribution is 0.237. The molecule has 0 saturated carbocycles. The van der Waals surface area contributed by atoms with Crippen molar-refractivity contribution in [3.05, 3.63) is 57.2 Å². The molecule has 0 saturated heterocycles. The largest absolute Gasteiger partial charge is 0.399 e. The second-order valence-corrected chi connectivity index (χ2v) is 7.36. The molecule has 1 aliphatic heterocycles. The number of likely N-dealkylation sites (N-methyl/N-ethyl adjacent to an activating group) is 1. The standard InChI is InChI=1S/C19H16BrN5/c1-25-7-6-14-15(8-21)18(24)19(10-22,11-23)17(16(14)9-25)12-2-4-13(20)5-3-12/h2-6,16-17H,7,9,24H2,1H3/t16-,17-/m0/s1. The Hall–Kier alpha value is -2.59. The predicted molar refractivity (Wildman–Crippen MR) is 96.4 cm³/mol. The molecule has 2 atom stereocenters. The van der Waals surface area contributed by atoms with Crippen molar-refractivity contribution in [2.45, 2.75) is 5.92 Å². The Morgan fingerprint density at radius 3 is 2.40 bits per heavy atom. The molecular weight excluding hydrogens is 378 g/mol. The molecule has 0 bridgehead atoms. The smallest absolute Gasteiger partial charge is 0.191 e. The van der Waals surface area contributed by atoms with Crippen LogP contribution in [0.25, 0.3) is 0 Å². The first kappa shape index (κ1) is 17.2. The molecule has 0 unspecified atom stereocenters. The van der Waals surface area contributed by atoms with Gasteiger partial charge in [-0.3, -0.25) is 0 Å². The molecule has 0 spiro atoms. The summed E-state index contributed by atoms with van der Waals surface area (Å²) in [6, 6.07) is 14.0. The van der Waals surface area contributed by atoms with Gasteiger partial charge < -0.3 is 10.6 Å². The maximum Gasteiger partial charge on any atom is 0.191 e. The average molecular weight is 394 g/mol. The number of benzene rings is 1. The van der Waals surface area contributed by atoms with Crippen LogP contribution in [-0.4, -0.2) is 25.0 Å². The number of nitrogens with zero attached hydrogens (tertiary/aromatic N) is 4. The normalized spacial score (nSPS) is 25.2. The van der Waals surface area contributed by atoms with Gasteiger partial charge in [-0.15, -0.1) is 0 Å². The number of fused-ring (bicyclic) bond motifs is 1. The van der Waals surface area contributed by atoms with E-state index in [4.69, 9.17) is 5.73 Å². The molecular formula is C19H16BrN5. The lowest BCUT2D eigenvalue weighted by Crippen LogP contribution is -2.47. The van der Waals surface area contributed by atoms with Crippen LogP contribution < -0.4 is 5.73 Å². The molecule has 6 heteroatoms. The molecule has 124 valence electrons. The number of allylic oxidation sites excluding steroid dienone is 2. The zero-order valence-electron chi connectivity index (χ0n) is 13.7. The summed E-state index contributed by atoms with van der Waals surface area (Å²) in [6.07, 6.45) is 1.99. The molecule has 0 fully saturated rings. The first-order chi connectivity index (χ1) is 12.0. The van der Waals surface area contributed by atoms with E-state index in [1.54, 1.807) is 0 Å². The zero-order chi connectivity index (χ0) is 18.2. The summed E-state index contributed by atoms with van der Waals surface area (Å²) in [7, 11) is 1.99. The van der Waals surface area contributed by atoms with E-state index < -0.39 is 11.3 Å². The van der Waals surface area contributed by atoms with Crippen molar-refractivity contribution in [2.24, 2.45) is 17.1 Å². The summed E-state index contributed by atoms with van der Waals surface area (Å²) < 4.78 is 0.921. The monoisotopic (exact) mass is 393 g/mol. The Bertz CT molecular complexity index is 878. The number of nitrogens with two attached hydrogens (primary N) is 1. The summed E-state index contributed by atoms with van der Waals surface area (Å²) in [5.74, 6) is -0.567. The van der Waals surface area contributed by atoms with Gasteiger partial charge in [0, 0.05) is 29.4 Å². The lowest BCUT2D eigenvalue weighted by atomic mass is 9.58. The Labute approximate surface area is 155 Å². The first-order valence-corrected chi connectivity index (χ1v) is 8.65. The Morgan fingerprint density at radius 1 is 1.20 bits per heavy atom. The van der Waals surface area contributed by atoms with E-state index >= 15 is 0 Å². The van der Waals surface area contributed by atoms with Gasteiger partial charge in [0.1, 0.15) is 6.07 Å². The van der Waals surface area contributed by atoms with Crippen molar-refractivity contribution >= 4 is 15.9 Å². The fraction of sp³-hybridized carbons (Fsp3) is 0.316. The molecule has 0 amide bonds. The Balaban J connectivity index is 2.32. The molecule has 2 aliphatic rings. The van der Waals surface area contributed by atoms with Crippen LogP contribution in [0.1, 0.15) is 11.5 Å². The molecule has 25 heavy (non-hydrogen) atoms. The third kappa shape index (κ3) is 2.53. The van der Waals surface area contributed by atoms with Crippen LogP contribution in [0.15, 0.2) is 51.7 Å². The molecule has 0 radical (unpaired) electrons. The quantitative estimate of drug-likeness (QED) is 0.790. The van der Waals surface area contributed by atoms with Crippen LogP contribution in [-0.2, 0) is 0 Å². The van der Waals surface area contributed by atoms with E-state index in [-0.39, 0.29) is 17.2 Å². The van der Waals surface area contributed by atoms with Gasteiger partial charge in [0.25, 0.3) is 0 Å². The van der Waals surface area contributed by atoms with Gasteiger partial charge in [0.05, 0.1) is 23.4 Å². The molecule has 1 aliphatic carbocycles. The fourth-order valence-electron chi connectivity index (χ4n) is 3.87. The van der Waals surface area contributed by atoms with Gasteiger partial charge in [0.2, 0.25) is 0 Å². The predicted octanol–water partition coefficient (Wildman–Crippen LogP) is 2.80. The minimum atomic E-state index is -1.56. The number of hydrogen-bond acceptors (Lipinski definition) is 5. The third-order valence-electron chi connectivity index (χ3n) is 5.08. The van der Waals surface area contributed by atoms with Gasteiger partial charge in [0.15, 0.2) is 5.41 Å². The molecule has 2 N–H and O–H groups in total. The number of rotatable bonds is 1. The highest BCUT2D eigenvalue weighted by molar-refractivity contribution is 9.10. The second-order valence-electron chi connectivity index (χ2n) is 6.45. The number of halogens is 1. The fourth-order valence-corrected chi connectivity index (χ4v) is 4.13. The van der Waals surface area contributed by atoms with E-state index in [0.717, 1.165) is 15.6 Å². The van der Waals surface area contributed by atoms with Crippen LogP contribution in [0.4, 0.5) is 0 Å². The Morgan fingerprint density at radius 2 is 1.84 bits per heavy atom. The van der Waals surface area contributed by atoms with Crippen molar-refractivity contribution in [1.29, 1.82) is 15.8 Å². The second kappa shape index (κ2) is 6.37. The van der Waals surface area contributed by atoms with Crippen LogP contribution in [0.3, 0.4) is 0 Å². The van der Waals surface area contributed by atoms with E-state index in [2.05, 4.69) is 39.0 Å².